The van der Waals surface area contributed by atoms with Crippen LogP contribution in [0.4, 0.5) is 19.3 Å². The summed E-state index contributed by atoms with van der Waals surface area (Å²) in [5, 5.41) is 5.71. The number of ether oxygens (including phenoxy) is 1. The predicted octanol–water partition coefficient (Wildman–Crippen LogP) is 2.00. The van der Waals surface area contributed by atoms with Gasteiger partial charge in [0.25, 0.3) is 0 Å². The minimum atomic E-state index is -0.737. The number of halogens is 3. The topological polar surface area (TPSA) is 58.6 Å². The monoisotopic (exact) mass is 461 g/mol. The van der Waals surface area contributed by atoms with E-state index in [2.05, 4.69) is 27.5 Å². The Bertz CT molecular complexity index is 565. The Labute approximate surface area is 149 Å². The molecule has 1 saturated heterocycles. The second-order valence-electron chi connectivity index (χ2n) is 4.28. The Morgan fingerprint density at radius 3 is 2.55 bits per heavy atom. The van der Waals surface area contributed by atoms with E-state index in [1.807, 2.05) is 0 Å². The van der Waals surface area contributed by atoms with Gasteiger partial charge in [0.05, 0.1) is 22.3 Å². The molecule has 0 aliphatic carbocycles. The number of hydrogen-bond acceptors (Lipinski definition) is 3. The van der Waals surface area contributed by atoms with Crippen molar-refractivity contribution in [3.63, 3.8) is 0 Å². The zero-order valence-corrected chi connectivity index (χ0v) is 15.2. The van der Waals surface area contributed by atoms with Crippen LogP contribution in [0.25, 0.3) is 0 Å². The number of carbonyl (C=O) groups is 2. The number of carbonyl (C=O) groups excluding carboxylic acids is 2. The van der Waals surface area contributed by atoms with Crippen LogP contribution in [-0.2, 0) is 26.5 Å². The fraction of sp³-hybridized carbons (Fsp3) is 0.308. The number of benzene rings is 1. The van der Waals surface area contributed by atoms with Crippen LogP contribution >= 0.6 is 22.6 Å². The van der Waals surface area contributed by atoms with E-state index in [-0.39, 0.29) is 28.3 Å². The van der Waals surface area contributed by atoms with Crippen molar-refractivity contribution < 1.29 is 40.1 Å². The molecule has 5 nitrogen and oxygen atoms in total. The third-order valence-corrected chi connectivity index (χ3v) is 3.76. The summed E-state index contributed by atoms with van der Waals surface area (Å²) in [6, 6.07) is 2.15. The zero-order valence-electron chi connectivity index (χ0n) is 11.6. The molecule has 22 heavy (non-hydrogen) atoms. The third kappa shape index (κ3) is 4.75. The molecule has 2 rings (SSSR count). The van der Waals surface area contributed by atoms with Crippen molar-refractivity contribution in [3.05, 3.63) is 27.3 Å². The maximum atomic E-state index is 13.5. The maximum absolute atomic E-state index is 13.5. The van der Waals surface area contributed by atoms with Gasteiger partial charge in [-0.15, -0.1) is 0 Å². The molecular weight excluding hydrogens is 448 g/mol. The van der Waals surface area contributed by atoms with Crippen LogP contribution < -0.4 is 10.2 Å². The molecule has 1 aromatic rings. The summed E-state index contributed by atoms with van der Waals surface area (Å²) in [6.07, 6.45) is -1.24. The van der Waals surface area contributed by atoms with Gasteiger partial charge in [-0.2, -0.15) is 0 Å². The third-order valence-electron chi connectivity index (χ3n) is 2.73. The summed E-state index contributed by atoms with van der Waals surface area (Å²) in [5.41, 5.74) is 0.0933. The van der Waals surface area contributed by atoms with Gasteiger partial charge in [0.15, 0.2) is 0 Å². The van der Waals surface area contributed by atoms with Gasteiger partial charge in [0.1, 0.15) is 17.7 Å². The quantitative estimate of drug-likeness (QED) is 0.554. The fourth-order valence-electron chi connectivity index (χ4n) is 1.79. The molecule has 1 aliphatic heterocycles. The van der Waals surface area contributed by atoms with E-state index in [1.54, 1.807) is 22.6 Å². The van der Waals surface area contributed by atoms with Crippen molar-refractivity contribution in [2.75, 3.05) is 18.0 Å². The SMILES string of the molecule is CC(=O)NCC1CN(c2cc(F)c(I)c(F)c2)C(=O)O1.[CH2]=[V]. The standard InChI is InChI=1S/C12H11F2IN2O3.CH2.V/c1-6(18)16-4-8-5-17(12(19)20-8)7-2-9(13)11(15)10(14)3-7;;/h2-3,8H,4-5H2,1H3,(H,16,18);1H2;. The van der Waals surface area contributed by atoms with E-state index in [1.165, 1.54) is 6.92 Å². The van der Waals surface area contributed by atoms with Gasteiger partial charge < -0.3 is 10.1 Å². The molecule has 0 bridgehead atoms. The zero-order chi connectivity index (χ0) is 16.9. The Balaban J connectivity index is 0.00000116. The fourth-order valence-corrected chi connectivity index (χ4v) is 2.11. The van der Waals surface area contributed by atoms with Crippen molar-refractivity contribution in [2.45, 2.75) is 13.0 Å². The van der Waals surface area contributed by atoms with Crippen LogP contribution in [0.3, 0.4) is 0 Å². The average molecular weight is 461 g/mol. The number of rotatable bonds is 3. The summed E-state index contributed by atoms with van der Waals surface area (Å²) in [7, 11) is 0. The summed E-state index contributed by atoms with van der Waals surface area (Å²) in [5.74, 6) is -1.72. The van der Waals surface area contributed by atoms with Crippen molar-refractivity contribution in [1.82, 2.24) is 5.32 Å². The number of hydrogen-bond donors (Lipinski definition) is 1. The van der Waals surface area contributed by atoms with Gasteiger partial charge in [0.2, 0.25) is 5.91 Å². The average Bonchev–Trinajstić information content (AvgIpc) is 2.85. The Kier molecular flexibility index (Phi) is 7.44. The molecule has 1 heterocycles. The number of nitrogens with one attached hydrogen (secondary N) is 1. The van der Waals surface area contributed by atoms with E-state index in [9.17, 15) is 18.4 Å². The Hall–Kier alpha value is -0.996. The van der Waals surface area contributed by atoms with Crippen molar-refractivity contribution in [3.8, 4) is 0 Å². The summed E-state index contributed by atoms with van der Waals surface area (Å²) >= 11 is 3.61. The molecule has 1 atom stereocenters. The van der Waals surface area contributed by atoms with Crippen LogP contribution in [0.2, 0.25) is 0 Å². The van der Waals surface area contributed by atoms with Gasteiger partial charge >= 0.3 is 28.3 Å². The van der Waals surface area contributed by atoms with Gasteiger partial charge in [0, 0.05) is 6.92 Å². The molecule has 0 aromatic heterocycles. The Morgan fingerprint density at radius 2 is 2.05 bits per heavy atom. The molecule has 1 aromatic carbocycles. The van der Waals surface area contributed by atoms with Crippen LogP contribution in [0.15, 0.2) is 12.1 Å². The molecular formula is C13H13F2IN2O3V. The van der Waals surface area contributed by atoms with Crippen LogP contribution in [0.5, 0.6) is 0 Å². The summed E-state index contributed by atoms with van der Waals surface area (Å²) in [6.45, 7) is 1.63. The van der Waals surface area contributed by atoms with Crippen LogP contribution in [0.1, 0.15) is 6.92 Å². The molecule has 0 radical (unpaired) electrons. The van der Waals surface area contributed by atoms with Gasteiger partial charge in [-0.05, 0) is 34.7 Å². The van der Waals surface area contributed by atoms with Crippen LogP contribution in [-0.4, -0.2) is 36.4 Å². The predicted molar refractivity (Wildman–Crippen MR) is 82.5 cm³/mol. The second kappa shape index (κ2) is 8.59. The molecule has 1 aliphatic rings. The number of amides is 2. The molecule has 1 unspecified atom stereocenters. The first-order valence-corrected chi connectivity index (χ1v) is 8.14. The first kappa shape index (κ1) is 19.1. The molecule has 1 N–H and O–H groups in total. The van der Waals surface area contributed by atoms with Crippen molar-refractivity contribution in [1.29, 1.82) is 0 Å². The summed E-state index contributed by atoms with van der Waals surface area (Å²) in [4.78, 5) is 23.6. The van der Waals surface area contributed by atoms with E-state index in [0.29, 0.717) is 0 Å². The first-order chi connectivity index (χ1) is 10.4. The second-order valence-corrected chi connectivity index (χ2v) is 5.36. The number of cyclic esters (lactones) is 1. The van der Waals surface area contributed by atoms with E-state index in [4.69, 9.17) is 4.74 Å². The number of anilines is 1. The molecule has 0 saturated carbocycles. The van der Waals surface area contributed by atoms with Crippen molar-refractivity contribution in [2.24, 2.45) is 0 Å². The van der Waals surface area contributed by atoms with Crippen LogP contribution in [0, 0.1) is 15.2 Å². The normalized spacial score (nSPS) is 16.6. The van der Waals surface area contributed by atoms with E-state index < -0.39 is 23.8 Å². The number of nitrogens with zero attached hydrogens (tertiary/aromatic N) is 1. The van der Waals surface area contributed by atoms with Gasteiger partial charge in [-0.25, -0.2) is 13.6 Å². The van der Waals surface area contributed by atoms with E-state index in [0.717, 1.165) is 17.0 Å². The summed E-state index contributed by atoms with van der Waals surface area (Å²) < 4.78 is 31.9. The van der Waals surface area contributed by atoms with Crippen molar-refractivity contribution >= 4 is 45.5 Å². The molecule has 0 spiro atoms. The molecule has 1 fully saturated rings. The minimum absolute atomic E-state index is 0.0933. The molecule has 2 amide bonds. The Morgan fingerprint density at radius 1 is 1.50 bits per heavy atom. The first-order valence-electron chi connectivity index (χ1n) is 6.07. The molecule has 119 valence electrons. The van der Waals surface area contributed by atoms with Gasteiger partial charge in [-0.3, -0.25) is 9.69 Å². The van der Waals surface area contributed by atoms with E-state index >= 15 is 0 Å². The van der Waals surface area contributed by atoms with Gasteiger partial charge in [-0.1, -0.05) is 0 Å². The molecule has 9 heteroatoms.